The highest BCUT2D eigenvalue weighted by molar-refractivity contribution is 6.92. The number of amidine groups is 1. The zero-order valence-corrected chi connectivity index (χ0v) is 27.1. The Morgan fingerprint density at radius 1 is 0.653 bits per heavy atom. The molecule has 2 saturated heterocycles. The molecule has 246 valence electrons. The number of hydrogen-bond acceptors (Lipinski definition) is 8. The van der Waals surface area contributed by atoms with Crippen LogP contribution in [0.5, 0.6) is 0 Å². The van der Waals surface area contributed by atoms with E-state index in [4.69, 9.17) is 26.2 Å². The third-order valence-electron chi connectivity index (χ3n) is 9.79. The average molecular weight is 651 g/mol. The second-order valence-corrected chi connectivity index (χ2v) is 12.4. The SMILES string of the molecule is N=C(c1[nH]cnc1N)[NH+]1CCO[B-]1(c1ccccc1)c1ccccc1.Nc1cc([NH+]2CCO[B-]2(c2ccccc2)c2ccccc2)ncn1. The topological polar surface area (TPSA) is 158 Å². The van der Waals surface area contributed by atoms with Crippen LogP contribution in [0.3, 0.4) is 0 Å². The molecule has 49 heavy (non-hydrogen) atoms. The molecule has 0 radical (unpaired) electrons. The molecule has 11 nitrogen and oxygen atoms in total. The van der Waals surface area contributed by atoms with Crippen molar-refractivity contribution in [2.45, 2.75) is 0 Å². The molecule has 4 aromatic carbocycles. The Hall–Kier alpha value is -5.59. The predicted octanol–water partition coefficient (Wildman–Crippen LogP) is -0.649. The number of aromatic amines is 1. The first-order chi connectivity index (χ1) is 24.0. The highest BCUT2D eigenvalue weighted by Crippen LogP contribution is 2.12. The van der Waals surface area contributed by atoms with Crippen molar-refractivity contribution in [1.82, 2.24) is 19.9 Å². The highest BCUT2D eigenvalue weighted by atomic mass is 16.5. The second-order valence-electron chi connectivity index (χ2n) is 12.4. The number of nitrogens with two attached hydrogens (primary N) is 2. The third kappa shape index (κ3) is 5.89. The summed E-state index contributed by atoms with van der Waals surface area (Å²) in [6.45, 7) is -0.330. The number of imidazole rings is 1. The van der Waals surface area contributed by atoms with Gasteiger partial charge in [-0.25, -0.2) is 9.97 Å². The zero-order chi connectivity index (χ0) is 33.7. The summed E-state index contributed by atoms with van der Waals surface area (Å²) in [5.74, 6) is 2.06. The van der Waals surface area contributed by atoms with E-state index < -0.39 is 13.0 Å². The molecule has 2 aliphatic rings. The van der Waals surface area contributed by atoms with Crippen LogP contribution in [0.4, 0.5) is 17.5 Å². The van der Waals surface area contributed by atoms with Gasteiger partial charge in [-0.05, 0) is 0 Å². The lowest BCUT2D eigenvalue weighted by Gasteiger charge is -2.40. The van der Waals surface area contributed by atoms with E-state index in [1.54, 1.807) is 0 Å². The molecule has 2 aliphatic heterocycles. The van der Waals surface area contributed by atoms with Gasteiger partial charge in [-0.15, -0.1) is 21.9 Å². The summed E-state index contributed by atoms with van der Waals surface area (Å²) in [6.07, 6.45) is 3.04. The zero-order valence-electron chi connectivity index (χ0n) is 27.1. The largest absolute Gasteiger partial charge is 0.527 e. The number of quaternary nitrogens is 2. The number of nitrogen functional groups attached to an aromatic ring is 2. The number of benzene rings is 4. The number of aromatic nitrogens is 4. The van der Waals surface area contributed by atoms with E-state index in [0.717, 1.165) is 39.0 Å². The van der Waals surface area contributed by atoms with E-state index in [1.807, 2.05) is 54.6 Å². The van der Waals surface area contributed by atoms with Crippen LogP contribution in [0.1, 0.15) is 5.69 Å². The Morgan fingerprint density at radius 3 is 1.63 bits per heavy atom. The monoisotopic (exact) mass is 651 g/mol. The lowest BCUT2D eigenvalue weighted by Crippen LogP contribution is -3.27. The molecule has 6 aromatic rings. The average Bonchev–Trinajstić information content (AvgIpc) is 3.93. The molecule has 0 aliphatic carbocycles. The van der Waals surface area contributed by atoms with Crippen molar-refractivity contribution in [1.29, 1.82) is 5.41 Å². The number of nitrogens with one attached hydrogen (secondary N) is 4. The number of nitrogens with zero attached hydrogens (tertiary/aromatic N) is 3. The molecular formula is C36H39B2N9O2. The molecule has 0 saturated carbocycles. The Labute approximate surface area is 285 Å². The molecule has 0 amide bonds. The predicted molar refractivity (Wildman–Crippen MR) is 195 cm³/mol. The minimum atomic E-state index is -1.63. The lowest BCUT2D eigenvalue weighted by molar-refractivity contribution is -0.714. The van der Waals surface area contributed by atoms with Crippen LogP contribution >= 0.6 is 0 Å². The molecule has 2 atom stereocenters. The van der Waals surface area contributed by atoms with Gasteiger partial charge in [0.05, 0.1) is 38.7 Å². The van der Waals surface area contributed by atoms with Gasteiger partial charge in [0.2, 0.25) is 5.84 Å². The molecule has 2 unspecified atom stereocenters. The van der Waals surface area contributed by atoms with Crippen LogP contribution in [0.25, 0.3) is 0 Å². The molecule has 13 heteroatoms. The Morgan fingerprint density at radius 2 is 1.14 bits per heavy atom. The number of rotatable bonds is 6. The Kier molecular flexibility index (Phi) is 9.05. The van der Waals surface area contributed by atoms with Gasteiger partial charge in [-0.1, -0.05) is 121 Å². The van der Waals surface area contributed by atoms with Gasteiger partial charge in [0.25, 0.3) is 0 Å². The Bertz CT molecular complexity index is 1920. The molecule has 4 heterocycles. The normalized spacial score (nSPS) is 19.1. The number of anilines is 2. The third-order valence-corrected chi connectivity index (χ3v) is 9.79. The fourth-order valence-corrected chi connectivity index (χ4v) is 7.65. The van der Waals surface area contributed by atoms with Gasteiger partial charge in [0, 0.05) is 0 Å². The van der Waals surface area contributed by atoms with Crippen molar-refractivity contribution in [3.05, 3.63) is 146 Å². The van der Waals surface area contributed by atoms with Crippen LogP contribution in [-0.2, 0) is 9.31 Å². The van der Waals surface area contributed by atoms with Gasteiger partial charge in [0.1, 0.15) is 12.1 Å². The van der Waals surface area contributed by atoms with Crippen LogP contribution < -0.4 is 42.9 Å². The minimum Gasteiger partial charge on any atom is -0.527 e. The van der Waals surface area contributed by atoms with Crippen molar-refractivity contribution < 1.29 is 18.9 Å². The maximum atomic E-state index is 8.79. The molecule has 0 bridgehead atoms. The summed E-state index contributed by atoms with van der Waals surface area (Å²) < 4.78 is 12.8. The first kappa shape index (κ1) is 32.0. The van der Waals surface area contributed by atoms with Gasteiger partial charge in [-0.3, -0.25) is 5.41 Å². The molecule has 8 rings (SSSR count). The van der Waals surface area contributed by atoms with Crippen molar-refractivity contribution in [2.24, 2.45) is 0 Å². The van der Waals surface area contributed by atoms with Crippen LogP contribution in [0.15, 0.2) is 140 Å². The quantitative estimate of drug-likeness (QED) is 0.0795. The molecule has 2 fully saturated rings. The lowest BCUT2D eigenvalue weighted by atomic mass is 9.40. The first-order valence-electron chi connectivity index (χ1n) is 16.5. The van der Waals surface area contributed by atoms with Crippen LogP contribution in [-0.4, -0.2) is 65.0 Å². The van der Waals surface area contributed by atoms with E-state index in [0.29, 0.717) is 42.9 Å². The fraction of sp³-hybridized carbons (Fsp3) is 0.111. The summed E-state index contributed by atoms with van der Waals surface area (Å²) in [4.78, 5) is 17.7. The van der Waals surface area contributed by atoms with Gasteiger partial charge >= 0.3 is 13.0 Å². The van der Waals surface area contributed by atoms with E-state index >= 15 is 0 Å². The van der Waals surface area contributed by atoms with Crippen LogP contribution in [0, 0.1) is 5.41 Å². The van der Waals surface area contributed by atoms with Gasteiger partial charge < -0.3 is 35.4 Å². The summed E-state index contributed by atoms with van der Waals surface area (Å²) in [5, 5.41) is 8.79. The van der Waals surface area contributed by atoms with Gasteiger partial charge in [0.15, 0.2) is 17.3 Å². The van der Waals surface area contributed by atoms with E-state index in [-0.39, 0.29) is 0 Å². The molecule has 2 aromatic heterocycles. The van der Waals surface area contributed by atoms with E-state index in [9.17, 15) is 0 Å². The summed E-state index contributed by atoms with van der Waals surface area (Å²) in [7, 11) is 0. The van der Waals surface area contributed by atoms with Crippen molar-refractivity contribution in [3.63, 3.8) is 0 Å². The highest BCUT2D eigenvalue weighted by Gasteiger charge is 2.50. The van der Waals surface area contributed by atoms with Crippen molar-refractivity contribution >= 4 is 58.1 Å². The maximum absolute atomic E-state index is 8.79. The van der Waals surface area contributed by atoms with Crippen molar-refractivity contribution in [2.75, 3.05) is 37.8 Å². The molecule has 8 N–H and O–H groups in total. The summed E-state index contributed by atoms with van der Waals surface area (Å²) in [5.41, 5.74) is 16.9. The Balaban J connectivity index is 0.000000154. The standard InChI is InChI=1S/C18H20BN5O.C18H19BN4O/c20-17-16(22-13-23-17)18(21)24-11-12-25-19(24,14-7-3-1-4-8-14)15-9-5-2-6-10-15;20-17-13-18(22-14-21-17)23-11-12-24-19(23,15-7-3-1-4-8-15)16-9-5-2-6-10-16/h1-10,13,21,24H,11-12,20H2,(H,22,23);1-10,13-14,23H,11-12H2,(H2,20,21,22). The van der Waals surface area contributed by atoms with E-state index in [1.165, 1.54) is 17.5 Å². The first-order valence-corrected chi connectivity index (χ1v) is 16.5. The fourth-order valence-electron chi connectivity index (χ4n) is 7.65. The van der Waals surface area contributed by atoms with Crippen LogP contribution in [0.2, 0.25) is 0 Å². The van der Waals surface area contributed by atoms with E-state index in [2.05, 4.69) is 92.7 Å². The minimum absolute atomic E-state index is 0.343. The molecular weight excluding hydrogens is 612 g/mol. The number of hydrogen-bond donors (Lipinski definition) is 6. The second kappa shape index (κ2) is 13.9. The van der Waals surface area contributed by atoms with Crippen molar-refractivity contribution in [3.8, 4) is 0 Å². The number of H-pyrrole nitrogens is 1. The summed E-state index contributed by atoms with van der Waals surface area (Å²) in [6, 6.07) is 42.9. The van der Waals surface area contributed by atoms with Gasteiger partial charge in [-0.2, -0.15) is 4.98 Å². The summed E-state index contributed by atoms with van der Waals surface area (Å²) >= 11 is 0. The molecule has 0 spiro atoms. The maximum Gasteiger partial charge on any atom is 0.396 e. The smallest absolute Gasteiger partial charge is 0.396 e.